The largest absolute Gasteiger partial charge is 0.456 e. The second kappa shape index (κ2) is 7.20. The van der Waals surface area contributed by atoms with Gasteiger partial charge in [0.2, 0.25) is 0 Å². The van der Waals surface area contributed by atoms with E-state index < -0.39 is 42.5 Å². The highest BCUT2D eigenvalue weighted by atomic mass is 16.7. The van der Waals surface area contributed by atoms with Gasteiger partial charge in [0.1, 0.15) is 0 Å². The summed E-state index contributed by atoms with van der Waals surface area (Å²) in [5.41, 5.74) is 0. The van der Waals surface area contributed by atoms with Gasteiger partial charge in [-0.15, -0.1) is 0 Å². The second-order valence-electron chi connectivity index (χ2n) is 4.23. The zero-order valence-corrected chi connectivity index (χ0v) is 11.8. The van der Waals surface area contributed by atoms with Gasteiger partial charge in [0.15, 0.2) is 24.6 Å². The molecule has 0 radical (unpaired) electrons. The quantitative estimate of drug-likeness (QED) is 0.518. The normalized spacial score (nSPS) is 29.4. The van der Waals surface area contributed by atoms with Crippen LogP contribution in [-0.4, -0.2) is 56.2 Å². The lowest BCUT2D eigenvalue weighted by molar-refractivity contribution is -0.274. The number of carbonyl (C=O) groups excluding carboxylic acids is 3. The highest BCUT2D eigenvalue weighted by Gasteiger charge is 2.47. The molecule has 8 heteroatoms. The van der Waals surface area contributed by atoms with Gasteiger partial charge in [0, 0.05) is 27.9 Å². The zero-order chi connectivity index (χ0) is 15.3. The molecule has 0 aliphatic carbocycles. The Balaban J connectivity index is 2.95. The average Bonchev–Trinajstić information content (AvgIpc) is 2.31. The van der Waals surface area contributed by atoms with Crippen molar-refractivity contribution in [2.75, 3.05) is 13.7 Å². The third-order valence-corrected chi connectivity index (χ3v) is 2.54. The summed E-state index contributed by atoms with van der Waals surface area (Å²) in [5, 5.41) is 0. The van der Waals surface area contributed by atoms with Crippen molar-refractivity contribution in [3.63, 3.8) is 0 Å². The Hall–Kier alpha value is -1.67. The Kier molecular flexibility index (Phi) is 5.90. The molecule has 0 spiro atoms. The lowest BCUT2D eigenvalue weighted by Gasteiger charge is -2.39. The fraction of sp³-hybridized carbons (Fsp3) is 0.750. The Labute approximate surface area is 116 Å². The van der Waals surface area contributed by atoms with E-state index in [0.29, 0.717) is 0 Å². The van der Waals surface area contributed by atoms with Gasteiger partial charge in [-0.2, -0.15) is 0 Å². The van der Waals surface area contributed by atoms with E-state index in [1.54, 1.807) is 0 Å². The molecule has 1 aliphatic heterocycles. The third kappa shape index (κ3) is 4.46. The maximum atomic E-state index is 11.2. The first-order valence-corrected chi connectivity index (χ1v) is 6.01. The maximum Gasteiger partial charge on any atom is 0.303 e. The number of methoxy groups -OCH3 is 1. The first-order valence-electron chi connectivity index (χ1n) is 6.01. The van der Waals surface area contributed by atoms with E-state index in [2.05, 4.69) is 0 Å². The van der Waals surface area contributed by atoms with Crippen LogP contribution in [0.5, 0.6) is 0 Å². The van der Waals surface area contributed by atoms with Crippen LogP contribution in [0.3, 0.4) is 0 Å². The van der Waals surface area contributed by atoms with Crippen molar-refractivity contribution in [1.29, 1.82) is 0 Å². The summed E-state index contributed by atoms with van der Waals surface area (Å²) in [7, 11) is 1.36. The van der Waals surface area contributed by atoms with Gasteiger partial charge in [-0.25, -0.2) is 0 Å². The van der Waals surface area contributed by atoms with Gasteiger partial charge in [0.25, 0.3) is 0 Å². The monoisotopic (exact) mass is 290 g/mol. The lowest BCUT2D eigenvalue weighted by Crippen LogP contribution is -2.57. The molecule has 1 heterocycles. The number of ether oxygens (including phenoxy) is 5. The van der Waals surface area contributed by atoms with Crippen molar-refractivity contribution in [2.45, 2.75) is 45.4 Å². The molecule has 0 amide bonds. The number of carbonyl (C=O) groups is 3. The minimum absolute atomic E-state index is 0.0339. The van der Waals surface area contributed by atoms with Gasteiger partial charge in [0.05, 0.1) is 6.61 Å². The fourth-order valence-electron chi connectivity index (χ4n) is 1.91. The molecule has 20 heavy (non-hydrogen) atoms. The van der Waals surface area contributed by atoms with E-state index in [-0.39, 0.29) is 6.61 Å². The third-order valence-electron chi connectivity index (χ3n) is 2.54. The van der Waals surface area contributed by atoms with Gasteiger partial charge in [-0.05, 0) is 0 Å². The molecule has 1 unspecified atom stereocenters. The standard InChI is InChI=1S/C12H18O8/c1-6(13)18-9-5-17-12(16-4)11(20-8(3)15)10(9)19-7(2)14/h9-12H,5H2,1-4H3/t9-,10-,11+,12?/m1/s1. The Morgan fingerprint density at radius 1 is 0.900 bits per heavy atom. The average molecular weight is 290 g/mol. The summed E-state index contributed by atoms with van der Waals surface area (Å²) in [6.07, 6.45) is -3.78. The SMILES string of the molecule is COC1OC[C@@H](OC(C)=O)[C@@H](OC(C)=O)[C@@H]1OC(C)=O. The van der Waals surface area contributed by atoms with E-state index in [9.17, 15) is 14.4 Å². The molecule has 114 valence electrons. The van der Waals surface area contributed by atoms with Crippen molar-refractivity contribution >= 4 is 17.9 Å². The van der Waals surface area contributed by atoms with E-state index in [1.807, 2.05) is 0 Å². The van der Waals surface area contributed by atoms with E-state index in [4.69, 9.17) is 23.7 Å². The summed E-state index contributed by atoms with van der Waals surface area (Å²) >= 11 is 0. The van der Waals surface area contributed by atoms with Crippen molar-refractivity contribution in [2.24, 2.45) is 0 Å². The number of rotatable bonds is 4. The van der Waals surface area contributed by atoms with Gasteiger partial charge >= 0.3 is 17.9 Å². The van der Waals surface area contributed by atoms with Crippen LogP contribution in [0.2, 0.25) is 0 Å². The van der Waals surface area contributed by atoms with Crippen LogP contribution in [0.4, 0.5) is 0 Å². The summed E-state index contributed by atoms with van der Waals surface area (Å²) in [5.74, 6) is -1.75. The van der Waals surface area contributed by atoms with Crippen molar-refractivity contribution in [1.82, 2.24) is 0 Å². The van der Waals surface area contributed by atoms with E-state index >= 15 is 0 Å². The molecule has 1 aliphatic rings. The van der Waals surface area contributed by atoms with Gasteiger partial charge < -0.3 is 23.7 Å². The van der Waals surface area contributed by atoms with Crippen LogP contribution in [0, 0.1) is 0 Å². The van der Waals surface area contributed by atoms with Gasteiger partial charge in [-0.1, -0.05) is 0 Å². The smallest absolute Gasteiger partial charge is 0.303 e. The summed E-state index contributed by atoms with van der Waals surface area (Å²) < 4.78 is 25.5. The van der Waals surface area contributed by atoms with Crippen LogP contribution in [0.25, 0.3) is 0 Å². The first kappa shape index (κ1) is 16.4. The Bertz CT molecular complexity index is 380. The van der Waals surface area contributed by atoms with Crippen LogP contribution in [0.1, 0.15) is 20.8 Å². The highest BCUT2D eigenvalue weighted by Crippen LogP contribution is 2.24. The van der Waals surface area contributed by atoms with Crippen LogP contribution < -0.4 is 0 Å². The number of hydrogen-bond donors (Lipinski definition) is 0. The molecule has 0 saturated carbocycles. The van der Waals surface area contributed by atoms with Crippen LogP contribution in [-0.2, 0) is 38.1 Å². The Morgan fingerprint density at radius 2 is 1.40 bits per heavy atom. The predicted molar refractivity (Wildman–Crippen MR) is 63.4 cm³/mol. The van der Waals surface area contributed by atoms with E-state index in [1.165, 1.54) is 27.9 Å². The number of hydrogen-bond acceptors (Lipinski definition) is 8. The molecule has 4 atom stereocenters. The molecule has 1 saturated heterocycles. The summed E-state index contributed by atoms with van der Waals surface area (Å²) in [4.78, 5) is 33.4. The van der Waals surface area contributed by atoms with Crippen molar-refractivity contribution in [3.8, 4) is 0 Å². The second-order valence-corrected chi connectivity index (χ2v) is 4.23. The molecular weight excluding hydrogens is 272 g/mol. The highest BCUT2D eigenvalue weighted by molar-refractivity contribution is 5.68. The molecule has 0 aromatic rings. The minimum Gasteiger partial charge on any atom is -0.456 e. The molecule has 0 N–H and O–H groups in total. The molecule has 1 rings (SSSR count). The molecule has 1 fully saturated rings. The summed E-state index contributed by atoms with van der Waals surface area (Å²) in [6, 6.07) is 0. The molecule has 8 nitrogen and oxygen atoms in total. The minimum atomic E-state index is -1.01. The summed E-state index contributed by atoms with van der Waals surface area (Å²) in [6.45, 7) is 3.59. The maximum absolute atomic E-state index is 11.2. The first-order chi connectivity index (χ1) is 9.35. The van der Waals surface area contributed by atoms with Crippen LogP contribution >= 0.6 is 0 Å². The van der Waals surface area contributed by atoms with Crippen LogP contribution in [0.15, 0.2) is 0 Å². The molecule has 0 bridgehead atoms. The molecule has 0 aromatic heterocycles. The zero-order valence-electron chi connectivity index (χ0n) is 11.8. The van der Waals surface area contributed by atoms with Gasteiger partial charge in [-0.3, -0.25) is 14.4 Å². The molecule has 0 aromatic carbocycles. The Morgan fingerprint density at radius 3 is 1.85 bits per heavy atom. The van der Waals surface area contributed by atoms with Crippen molar-refractivity contribution in [3.05, 3.63) is 0 Å². The molecular formula is C12H18O8. The van der Waals surface area contributed by atoms with Crippen molar-refractivity contribution < 1.29 is 38.1 Å². The topological polar surface area (TPSA) is 97.4 Å². The number of esters is 3. The predicted octanol–water partition coefficient (Wildman–Crippen LogP) is -0.216. The van der Waals surface area contributed by atoms with E-state index in [0.717, 1.165) is 0 Å². The fourth-order valence-corrected chi connectivity index (χ4v) is 1.91. The lowest BCUT2D eigenvalue weighted by atomic mass is 10.0.